The van der Waals surface area contributed by atoms with Crippen molar-refractivity contribution in [1.82, 2.24) is 4.90 Å². The molecule has 1 aromatic rings. The van der Waals surface area contributed by atoms with Gasteiger partial charge >= 0.3 is 0 Å². The van der Waals surface area contributed by atoms with Crippen LogP contribution < -0.4 is 10.5 Å². The Morgan fingerprint density at radius 3 is 2.44 bits per heavy atom. The van der Waals surface area contributed by atoms with Gasteiger partial charge in [0.25, 0.3) is 0 Å². The smallest absolute Gasteiger partial charge is 0.234 e. The summed E-state index contributed by atoms with van der Waals surface area (Å²) >= 11 is 0. The van der Waals surface area contributed by atoms with Crippen LogP contribution in [0.1, 0.15) is 12.5 Å². The average molecular weight is 222 g/mol. The summed E-state index contributed by atoms with van der Waals surface area (Å²) in [5.74, 6) is 0.519. The number of amides is 1. The third kappa shape index (κ3) is 3.24. The predicted octanol–water partition coefficient (Wildman–Crippen LogP) is 1.00. The zero-order valence-corrected chi connectivity index (χ0v) is 9.93. The van der Waals surface area contributed by atoms with E-state index in [0.29, 0.717) is 6.54 Å². The number of hydrogen-bond acceptors (Lipinski definition) is 3. The van der Waals surface area contributed by atoms with E-state index in [1.165, 1.54) is 0 Å². The molecule has 0 spiro atoms. The molecule has 1 rings (SSSR count). The quantitative estimate of drug-likeness (QED) is 0.808. The maximum Gasteiger partial charge on any atom is 0.234 e. The van der Waals surface area contributed by atoms with Crippen LogP contribution >= 0.6 is 0 Å². The zero-order chi connectivity index (χ0) is 12.1. The van der Waals surface area contributed by atoms with Gasteiger partial charge < -0.3 is 10.5 Å². The highest BCUT2D eigenvalue weighted by atomic mass is 16.5. The molecule has 16 heavy (non-hydrogen) atoms. The molecule has 0 aliphatic rings. The molecule has 0 bridgehead atoms. The second-order valence-corrected chi connectivity index (χ2v) is 3.84. The van der Waals surface area contributed by atoms with Crippen molar-refractivity contribution in [2.45, 2.75) is 19.5 Å². The molecule has 4 heteroatoms. The van der Waals surface area contributed by atoms with Crippen LogP contribution in [0.2, 0.25) is 0 Å². The molecule has 2 N–H and O–H groups in total. The first kappa shape index (κ1) is 12.5. The average Bonchev–Trinajstić information content (AvgIpc) is 2.28. The second kappa shape index (κ2) is 5.51. The SMILES string of the molecule is COc1ccc(CN(C)[C@H](C)C(N)=O)cc1. The van der Waals surface area contributed by atoms with Crippen LogP contribution in [0.3, 0.4) is 0 Å². The number of hydrogen-bond donors (Lipinski definition) is 1. The summed E-state index contributed by atoms with van der Waals surface area (Å²) < 4.78 is 5.07. The molecule has 1 aromatic carbocycles. The van der Waals surface area contributed by atoms with Crippen molar-refractivity contribution in [2.24, 2.45) is 5.73 Å². The van der Waals surface area contributed by atoms with E-state index in [1.54, 1.807) is 14.0 Å². The fraction of sp³-hybridized carbons (Fsp3) is 0.417. The lowest BCUT2D eigenvalue weighted by Gasteiger charge is -2.21. The Bertz CT molecular complexity index is 349. The van der Waals surface area contributed by atoms with Gasteiger partial charge in [0, 0.05) is 6.54 Å². The van der Waals surface area contributed by atoms with Crippen molar-refractivity contribution in [3.05, 3.63) is 29.8 Å². The van der Waals surface area contributed by atoms with Gasteiger partial charge in [0.2, 0.25) is 5.91 Å². The van der Waals surface area contributed by atoms with Crippen LogP contribution in [0.5, 0.6) is 5.75 Å². The second-order valence-electron chi connectivity index (χ2n) is 3.84. The molecule has 0 aliphatic carbocycles. The molecule has 0 fully saturated rings. The number of nitrogens with zero attached hydrogens (tertiary/aromatic N) is 1. The number of nitrogens with two attached hydrogens (primary N) is 1. The maximum absolute atomic E-state index is 11.0. The number of benzene rings is 1. The van der Waals surface area contributed by atoms with Crippen molar-refractivity contribution < 1.29 is 9.53 Å². The summed E-state index contributed by atoms with van der Waals surface area (Å²) in [5.41, 5.74) is 6.36. The van der Waals surface area contributed by atoms with Crippen LogP contribution in [0, 0.1) is 0 Å². The lowest BCUT2D eigenvalue weighted by Crippen LogP contribution is -2.39. The van der Waals surface area contributed by atoms with Crippen molar-refractivity contribution in [2.75, 3.05) is 14.2 Å². The Kier molecular flexibility index (Phi) is 4.31. The van der Waals surface area contributed by atoms with E-state index in [4.69, 9.17) is 10.5 Å². The van der Waals surface area contributed by atoms with Gasteiger partial charge in [-0.25, -0.2) is 0 Å². The monoisotopic (exact) mass is 222 g/mol. The van der Waals surface area contributed by atoms with Crippen molar-refractivity contribution in [3.63, 3.8) is 0 Å². The summed E-state index contributed by atoms with van der Waals surface area (Å²) in [5, 5.41) is 0. The normalized spacial score (nSPS) is 12.5. The maximum atomic E-state index is 11.0. The van der Waals surface area contributed by atoms with Crippen LogP contribution in [0.4, 0.5) is 0 Å². The van der Waals surface area contributed by atoms with E-state index in [9.17, 15) is 4.79 Å². The van der Waals surface area contributed by atoms with Gasteiger partial charge in [-0.05, 0) is 31.7 Å². The third-order valence-corrected chi connectivity index (χ3v) is 2.66. The van der Waals surface area contributed by atoms with E-state index in [-0.39, 0.29) is 11.9 Å². The van der Waals surface area contributed by atoms with Gasteiger partial charge in [-0.3, -0.25) is 9.69 Å². The standard InChI is InChI=1S/C12H18N2O2/c1-9(12(13)15)14(2)8-10-4-6-11(16-3)7-5-10/h4-7,9H,8H2,1-3H3,(H2,13,15)/t9-/m1/s1. The number of primary amides is 1. The molecule has 0 heterocycles. The molecule has 0 aromatic heterocycles. The Morgan fingerprint density at radius 1 is 1.44 bits per heavy atom. The highest BCUT2D eigenvalue weighted by Crippen LogP contribution is 2.13. The summed E-state index contributed by atoms with van der Waals surface area (Å²) in [6.45, 7) is 2.49. The fourth-order valence-corrected chi connectivity index (χ4v) is 1.37. The first-order chi connectivity index (χ1) is 7.54. The molecule has 0 aliphatic heterocycles. The minimum atomic E-state index is -0.309. The Morgan fingerprint density at radius 2 is 2.00 bits per heavy atom. The van der Waals surface area contributed by atoms with E-state index < -0.39 is 0 Å². The van der Waals surface area contributed by atoms with Gasteiger partial charge in [0.1, 0.15) is 5.75 Å². The zero-order valence-electron chi connectivity index (χ0n) is 9.93. The summed E-state index contributed by atoms with van der Waals surface area (Å²) in [6.07, 6.45) is 0. The Labute approximate surface area is 96.0 Å². The molecule has 88 valence electrons. The molecular formula is C12H18N2O2. The van der Waals surface area contributed by atoms with E-state index >= 15 is 0 Å². The predicted molar refractivity (Wildman–Crippen MR) is 63.1 cm³/mol. The Hall–Kier alpha value is -1.55. The van der Waals surface area contributed by atoms with E-state index in [0.717, 1.165) is 11.3 Å². The molecular weight excluding hydrogens is 204 g/mol. The van der Waals surface area contributed by atoms with Crippen LogP contribution in [-0.2, 0) is 11.3 Å². The van der Waals surface area contributed by atoms with Crippen LogP contribution in [0.15, 0.2) is 24.3 Å². The third-order valence-electron chi connectivity index (χ3n) is 2.66. The number of likely N-dealkylation sites (N-methyl/N-ethyl adjacent to an activating group) is 1. The molecule has 0 radical (unpaired) electrons. The van der Waals surface area contributed by atoms with Crippen LogP contribution in [0.25, 0.3) is 0 Å². The highest BCUT2D eigenvalue weighted by molar-refractivity contribution is 5.79. The minimum absolute atomic E-state index is 0.262. The van der Waals surface area contributed by atoms with Gasteiger partial charge in [-0.1, -0.05) is 12.1 Å². The lowest BCUT2D eigenvalue weighted by atomic mass is 10.2. The Balaban J connectivity index is 2.62. The summed E-state index contributed by atoms with van der Waals surface area (Å²) in [7, 11) is 3.51. The minimum Gasteiger partial charge on any atom is -0.497 e. The number of rotatable bonds is 5. The summed E-state index contributed by atoms with van der Waals surface area (Å²) in [4.78, 5) is 12.9. The summed E-state index contributed by atoms with van der Waals surface area (Å²) in [6, 6.07) is 7.49. The van der Waals surface area contributed by atoms with E-state index in [1.807, 2.05) is 36.2 Å². The molecule has 0 saturated carbocycles. The number of carbonyl (C=O) groups is 1. The van der Waals surface area contributed by atoms with Gasteiger partial charge in [-0.2, -0.15) is 0 Å². The van der Waals surface area contributed by atoms with Crippen molar-refractivity contribution >= 4 is 5.91 Å². The first-order valence-electron chi connectivity index (χ1n) is 5.17. The van der Waals surface area contributed by atoms with Crippen LogP contribution in [-0.4, -0.2) is 31.0 Å². The highest BCUT2D eigenvalue weighted by Gasteiger charge is 2.14. The first-order valence-corrected chi connectivity index (χ1v) is 5.17. The molecule has 1 amide bonds. The van der Waals surface area contributed by atoms with Gasteiger partial charge in [0.15, 0.2) is 0 Å². The number of methoxy groups -OCH3 is 1. The largest absolute Gasteiger partial charge is 0.497 e. The number of ether oxygens (including phenoxy) is 1. The molecule has 1 atom stereocenters. The van der Waals surface area contributed by atoms with E-state index in [2.05, 4.69) is 0 Å². The topological polar surface area (TPSA) is 55.6 Å². The van der Waals surface area contributed by atoms with Crippen molar-refractivity contribution in [3.8, 4) is 5.75 Å². The van der Waals surface area contributed by atoms with Gasteiger partial charge in [-0.15, -0.1) is 0 Å². The molecule has 4 nitrogen and oxygen atoms in total. The fourth-order valence-electron chi connectivity index (χ4n) is 1.37. The lowest BCUT2D eigenvalue weighted by molar-refractivity contribution is -0.122. The number of carbonyl (C=O) groups excluding carboxylic acids is 1. The van der Waals surface area contributed by atoms with Crippen molar-refractivity contribution in [1.29, 1.82) is 0 Å². The van der Waals surface area contributed by atoms with Gasteiger partial charge in [0.05, 0.1) is 13.2 Å². The molecule has 0 unspecified atom stereocenters. The molecule has 0 saturated heterocycles.